The fourth-order valence-corrected chi connectivity index (χ4v) is 5.21. The third kappa shape index (κ3) is 4.03. The average molecular weight is 403 g/mol. The molecular weight excluding hydrogens is 374 g/mol. The highest BCUT2D eigenvalue weighted by molar-refractivity contribution is 5.92. The van der Waals surface area contributed by atoms with Gasteiger partial charge in [0.2, 0.25) is 11.3 Å². The molecule has 5 atom stereocenters. The Bertz CT molecular complexity index is 826. The number of aliphatic hydroxyl groups excluding tert-OH is 1. The van der Waals surface area contributed by atoms with Gasteiger partial charge in [-0.1, -0.05) is 6.42 Å². The molecule has 0 aromatic carbocycles. The van der Waals surface area contributed by atoms with Crippen molar-refractivity contribution < 1.29 is 19.4 Å². The zero-order valence-corrected chi connectivity index (χ0v) is 16.7. The second kappa shape index (κ2) is 8.18. The van der Waals surface area contributed by atoms with Crippen molar-refractivity contribution in [2.24, 2.45) is 17.8 Å². The third-order valence-electron chi connectivity index (χ3n) is 6.86. The van der Waals surface area contributed by atoms with Gasteiger partial charge in [-0.3, -0.25) is 14.4 Å². The number of H-pyrrole nitrogens is 1. The Kier molecular flexibility index (Phi) is 5.63. The lowest BCUT2D eigenvalue weighted by molar-refractivity contribution is -0.137. The predicted molar refractivity (Wildman–Crippen MR) is 106 cm³/mol. The number of hydrogen-bond donors (Lipinski definition) is 3. The summed E-state index contributed by atoms with van der Waals surface area (Å²) in [5.41, 5.74) is -0.272. The lowest BCUT2D eigenvalue weighted by atomic mass is 9.83. The van der Waals surface area contributed by atoms with E-state index in [1.54, 1.807) is 0 Å². The minimum atomic E-state index is -0.784. The van der Waals surface area contributed by atoms with E-state index in [4.69, 9.17) is 4.74 Å². The smallest absolute Gasteiger partial charge is 0.268 e. The summed E-state index contributed by atoms with van der Waals surface area (Å²) in [6, 6.07) is 0.745. The number of aromatic nitrogens is 1. The van der Waals surface area contributed by atoms with Crippen molar-refractivity contribution in [2.75, 3.05) is 20.2 Å². The van der Waals surface area contributed by atoms with E-state index < -0.39 is 18.1 Å². The van der Waals surface area contributed by atoms with Crippen molar-refractivity contribution in [2.45, 2.75) is 50.7 Å². The summed E-state index contributed by atoms with van der Waals surface area (Å²) in [6.45, 7) is 1.72. The van der Waals surface area contributed by atoms with Gasteiger partial charge < -0.3 is 25.0 Å². The van der Waals surface area contributed by atoms with Crippen LogP contribution in [0.4, 0.5) is 0 Å². The fourth-order valence-electron chi connectivity index (χ4n) is 5.21. The van der Waals surface area contributed by atoms with Crippen molar-refractivity contribution >= 4 is 11.8 Å². The monoisotopic (exact) mass is 403 g/mol. The summed E-state index contributed by atoms with van der Waals surface area (Å²) < 4.78 is 4.90. The van der Waals surface area contributed by atoms with Gasteiger partial charge in [0.1, 0.15) is 5.69 Å². The normalized spacial score (nSPS) is 31.4. The van der Waals surface area contributed by atoms with E-state index >= 15 is 0 Å². The van der Waals surface area contributed by atoms with E-state index in [2.05, 4.69) is 10.3 Å². The molecule has 3 N–H and O–H groups in total. The first kappa shape index (κ1) is 19.9. The van der Waals surface area contributed by atoms with E-state index in [0.29, 0.717) is 31.1 Å². The maximum absolute atomic E-state index is 12.9. The number of carbonyl (C=O) groups excluding carboxylic acids is 2. The summed E-state index contributed by atoms with van der Waals surface area (Å²) in [5.74, 6) is 0.968. The van der Waals surface area contributed by atoms with Gasteiger partial charge in [0.05, 0.1) is 19.3 Å². The van der Waals surface area contributed by atoms with E-state index in [-0.39, 0.29) is 28.7 Å². The van der Waals surface area contributed by atoms with Crippen LogP contribution in [-0.4, -0.2) is 59.1 Å². The number of pyridine rings is 1. The van der Waals surface area contributed by atoms with Crippen LogP contribution in [-0.2, 0) is 4.79 Å². The molecule has 1 saturated heterocycles. The average Bonchev–Trinajstić information content (AvgIpc) is 3.31. The number of rotatable bonds is 4. The SMILES string of the molecule is COc1c[nH]c(C(=O)N[C@@H]2CC[C@H](C(=O)N3C[C@H]4CCC[C@H]4C3)C[C@H]2O)cc1=O. The van der Waals surface area contributed by atoms with Gasteiger partial charge in [-0.15, -0.1) is 0 Å². The molecule has 0 radical (unpaired) electrons. The Morgan fingerprint density at radius 3 is 2.55 bits per heavy atom. The molecule has 8 heteroatoms. The quantitative estimate of drug-likeness (QED) is 0.692. The Morgan fingerprint density at radius 1 is 1.21 bits per heavy atom. The van der Waals surface area contributed by atoms with Crippen LogP contribution >= 0.6 is 0 Å². The molecule has 2 amide bonds. The highest BCUT2D eigenvalue weighted by Crippen LogP contribution is 2.39. The number of nitrogens with zero attached hydrogens (tertiary/aromatic N) is 1. The van der Waals surface area contributed by atoms with Crippen LogP contribution in [0.15, 0.2) is 17.1 Å². The molecule has 4 rings (SSSR count). The van der Waals surface area contributed by atoms with Crippen molar-refractivity contribution in [3.05, 3.63) is 28.2 Å². The predicted octanol–water partition coefficient (Wildman–Crippen LogP) is 0.901. The van der Waals surface area contributed by atoms with Gasteiger partial charge in [-0.2, -0.15) is 0 Å². The molecule has 29 heavy (non-hydrogen) atoms. The molecule has 1 aliphatic heterocycles. The topological polar surface area (TPSA) is 112 Å². The Morgan fingerprint density at radius 2 is 1.93 bits per heavy atom. The minimum absolute atomic E-state index is 0.116. The van der Waals surface area contributed by atoms with Crippen LogP contribution in [0.25, 0.3) is 0 Å². The summed E-state index contributed by atoms with van der Waals surface area (Å²) >= 11 is 0. The number of ether oxygens (including phenoxy) is 1. The van der Waals surface area contributed by atoms with Crippen molar-refractivity contribution in [1.82, 2.24) is 15.2 Å². The highest BCUT2D eigenvalue weighted by atomic mass is 16.5. The molecule has 2 heterocycles. The number of aromatic amines is 1. The van der Waals surface area contributed by atoms with Crippen molar-refractivity contribution in [3.63, 3.8) is 0 Å². The van der Waals surface area contributed by atoms with Gasteiger partial charge in [0.15, 0.2) is 5.75 Å². The van der Waals surface area contributed by atoms with Crippen molar-refractivity contribution in [3.8, 4) is 5.75 Å². The molecule has 2 saturated carbocycles. The van der Waals surface area contributed by atoms with E-state index in [9.17, 15) is 19.5 Å². The van der Waals surface area contributed by atoms with Gasteiger partial charge in [-0.05, 0) is 43.9 Å². The van der Waals surface area contributed by atoms with Crippen LogP contribution < -0.4 is 15.5 Å². The van der Waals surface area contributed by atoms with Gasteiger partial charge in [-0.25, -0.2) is 0 Å². The third-order valence-corrected chi connectivity index (χ3v) is 6.86. The van der Waals surface area contributed by atoms with E-state index in [0.717, 1.165) is 13.1 Å². The second-order valence-electron chi connectivity index (χ2n) is 8.63. The summed E-state index contributed by atoms with van der Waals surface area (Å²) in [4.78, 5) is 41.9. The Labute approximate surface area is 169 Å². The number of amides is 2. The first-order valence-corrected chi connectivity index (χ1v) is 10.5. The molecule has 2 aliphatic carbocycles. The number of aliphatic hydroxyl groups is 1. The highest BCUT2D eigenvalue weighted by Gasteiger charge is 2.41. The number of methoxy groups -OCH3 is 1. The van der Waals surface area contributed by atoms with Crippen LogP contribution in [0.2, 0.25) is 0 Å². The first-order valence-electron chi connectivity index (χ1n) is 10.5. The molecular formula is C21H29N3O5. The lowest BCUT2D eigenvalue weighted by Gasteiger charge is -2.34. The second-order valence-corrected chi connectivity index (χ2v) is 8.63. The van der Waals surface area contributed by atoms with E-state index in [1.807, 2.05) is 4.90 Å². The maximum Gasteiger partial charge on any atom is 0.268 e. The number of hydrogen-bond acceptors (Lipinski definition) is 5. The molecule has 8 nitrogen and oxygen atoms in total. The summed E-state index contributed by atoms with van der Waals surface area (Å²) in [7, 11) is 1.38. The number of nitrogens with one attached hydrogen (secondary N) is 2. The molecule has 1 aromatic heterocycles. The standard InChI is InChI=1S/C21H29N3O5/c1-29-19-9-22-16(8-18(19)26)20(27)23-15-6-5-12(7-17(15)25)21(28)24-10-13-3-2-4-14(13)11-24/h8-9,12-15,17,25H,2-7,10-11H2,1H3,(H,22,26)(H,23,27)/t12-,13-,14+,15+,17+/m0/s1. The Hall–Kier alpha value is -2.35. The van der Waals surface area contributed by atoms with Gasteiger partial charge >= 0.3 is 0 Å². The van der Waals surface area contributed by atoms with Crippen LogP contribution in [0.3, 0.4) is 0 Å². The molecule has 0 unspecified atom stereocenters. The number of likely N-dealkylation sites (tertiary alicyclic amines) is 1. The van der Waals surface area contributed by atoms with Gasteiger partial charge in [0, 0.05) is 31.3 Å². The van der Waals surface area contributed by atoms with Gasteiger partial charge in [0.25, 0.3) is 5.91 Å². The number of carbonyl (C=O) groups is 2. The lowest BCUT2D eigenvalue weighted by Crippen LogP contribution is -2.49. The summed E-state index contributed by atoms with van der Waals surface area (Å²) in [6.07, 6.45) is 5.82. The molecule has 0 spiro atoms. The summed E-state index contributed by atoms with van der Waals surface area (Å²) in [5, 5.41) is 13.3. The molecule has 0 bridgehead atoms. The molecule has 158 valence electrons. The van der Waals surface area contributed by atoms with Crippen LogP contribution in [0.1, 0.15) is 49.0 Å². The molecule has 1 aromatic rings. The molecule has 3 aliphatic rings. The largest absolute Gasteiger partial charge is 0.491 e. The fraction of sp³-hybridized carbons (Fsp3) is 0.667. The maximum atomic E-state index is 12.9. The Balaban J connectivity index is 1.32. The zero-order chi connectivity index (χ0) is 20.5. The molecule has 3 fully saturated rings. The zero-order valence-electron chi connectivity index (χ0n) is 16.7. The number of fused-ring (bicyclic) bond motifs is 1. The van der Waals surface area contributed by atoms with Crippen molar-refractivity contribution in [1.29, 1.82) is 0 Å². The minimum Gasteiger partial charge on any atom is -0.491 e. The van der Waals surface area contributed by atoms with Crippen LogP contribution in [0.5, 0.6) is 5.75 Å². The first-order chi connectivity index (χ1) is 14.0. The van der Waals surface area contributed by atoms with Crippen LogP contribution in [0, 0.1) is 17.8 Å². The van der Waals surface area contributed by atoms with E-state index in [1.165, 1.54) is 38.6 Å².